The first-order valence-corrected chi connectivity index (χ1v) is 7.29. The highest BCUT2D eigenvalue weighted by molar-refractivity contribution is 5.15. The number of hydrogen-bond acceptors (Lipinski definition) is 0. The molecule has 2 aromatic rings. The van der Waals surface area contributed by atoms with E-state index in [0.29, 0.717) is 17.9 Å². The molecule has 0 aliphatic rings. The van der Waals surface area contributed by atoms with Crippen LogP contribution in [0.15, 0.2) is 49.1 Å². The standard InChI is InChI=1S/C17H24N2/c1-4-16(12-15-8-6-5-7-9-15)17(14(2)3)19-11-10-18-13-19/h5-11,13-14,16-17H,4,12H2,1-3H3/p+1. The number of hydrogen-bond donors (Lipinski definition) is 1. The SMILES string of the molecule is CCC(Cc1ccccc1)C(C(C)C)[n+]1cc[nH]c1. The number of benzene rings is 1. The lowest BCUT2D eigenvalue weighted by molar-refractivity contribution is -0.735. The maximum Gasteiger partial charge on any atom is 0.241 e. The highest BCUT2D eigenvalue weighted by atomic mass is 15.1. The van der Waals surface area contributed by atoms with Crippen molar-refractivity contribution < 1.29 is 4.57 Å². The summed E-state index contributed by atoms with van der Waals surface area (Å²) in [5.41, 5.74) is 1.44. The quantitative estimate of drug-likeness (QED) is 0.760. The van der Waals surface area contributed by atoms with Crippen molar-refractivity contribution in [2.45, 2.75) is 39.7 Å². The predicted octanol–water partition coefficient (Wildman–Crippen LogP) is 3.77. The summed E-state index contributed by atoms with van der Waals surface area (Å²) in [6.07, 6.45) is 8.59. The first-order valence-electron chi connectivity index (χ1n) is 7.29. The van der Waals surface area contributed by atoms with Crippen molar-refractivity contribution in [2.24, 2.45) is 11.8 Å². The van der Waals surface area contributed by atoms with Gasteiger partial charge in [-0.25, -0.2) is 4.57 Å². The van der Waals surface area contributed by atoms with Crippen molar-refractivity contribution in [3.05, 3.63) is 54.6 Å². The lowest BCUT2D eigenvalue weighted by Crippen LogP contribution is -2.45. The van der Waals surface area contributed by atoms with Crippen LogP contribution in [-0.4, -0.2) is 4.98 Å². The zero-order chi connectivity index (χ0) is 13.7. The van der Waals surface area contributed by atoms with Crippen LogP contribution in [0.3, 0.4) is 0 Å². The molecule has 0 spiro atoms. The topological polar surface area (TPSA) is 19.7 Å². The van der Waals surface area contributed by atoms with E-state index in [9.17, 15) is 0 Å². The molecule has 2 unspecified atom stereocenters. The van der Waals surface area contributed by atoms with E-state index >= 15 is 0 Å². The second-order valence-electron chi connectivity index (χ2n) is 5.65. The Labute approximate surface area is 116 Å². The lowest BCUT2D eigenvalue weighted by atomic mass is 9.84. The van der Waals surface area contributed by atoms with Gasteiger partial charge in [0, 0.05) is 5.92 Å². The summed E-state index contributed by atoms with van der Waals surface area (Å²) < 4.78 is 2.34. The van der Waals surface area contributed by atoms with Crippen LogP contribution in [-0.2, 0) is 6.42 Å². The fourth-order valence-corrected chi connectivity index (χ4v) is 3.04. The molecule has 102 valence electrons. The molecule has 0 saturated heterocycles. The zero-order valence-electron chi connectivity index (χ0n) is 12.2. The average molecular weight is 257 g/mol. The minimum absolute atomic E-state index is 0.552. The van der Waals surface area contributed by atoms with E-state index in [2.05, 4.69) is 73.2 Å². The molecule has 0 aliphatic heterocycles. The van der Waals surface area contributed by atoms with Crippen molar-refractivity contribution in [1.82, 2.24) is 4.98 Å². The molecule has 0 fully saturated rings. The molecule has 1 heterocycles. The van der Waals surface area contributed by atoms with Gasteiger partial charge in [0.2, 0.25) is 6.33 Å². The van der Waals surface area contributed by atoms with Crippen LogP contribution in [0.5, 0.6) is 0 Å². The number of H-pyrrole nitrogens is 1. The zero-order valence-corrected chi connectivity index (χ0v) is 12.2. The van der Waals surface area contributed by atoms with Gasteiger partial charge in [0.1, 0.15) is 18.4 Å². The largest absolute Gasteiger partial charge is 0.250 e. The van der Waals surface area contributed by atoms with Crippen LogP contribution >= 0.6 is 0 Å². The van der Waals surface area contributed by atoms with Crippen LogP contribution in [0.25, 0.3) is 0 Å². The summed E-state index contributed by atoms with van der Waals surface area (Å²) >= 11 is 0. The highest BCUT2D eigenvalue weighted by Crippen LogP contribution is 2.27. The number of nitrogens with zero attached hydrogens (tertiary/aromatic N) is 1. The maximum atomic E-state index is 3.17. The predicted molar refractivity (Wildman–Crippen MR) is 78.8 cm³/mol. The van der Waals surface area contributed by atoms with Gasteiger partial charge in [0.05, 0.1) is 0 Å². The summed E-state index contributed by atoms with van der Waals surface area (Å²) in [6, 6.07) is 11.4. The van der Waals surface area contributed by atoms with Gasteiger partial charge in [0.25, 0.3) is 0 Å². The van der Waals surface area contributed by atoms with Gasteiger partial charge in [0.15, 0.2) is 0 Å². The number of aromatic nitrogens is 2. The Morgan fingerprint density at radius 2 is 1.89 bits per heavy atom. The lowest BCUT2D eigenvalue weighted by Gasteiger charge is -2.27. The van der Waals surface area contributed by atoms with Crippen molar-refractivity contribution in [3.63, 3.8) is 0 Å². The van der Waals surface area contributed by atoms with E-state index in [-0.39, 0.29) is 0 Å². The summed E-state index contributed by atoms with van der Waals surface area (Å²) in [7, 11) is 0. The van der Waals surface area contributed by atoms with E-state index < -0.39 is 0 Å². The van der Waals surface area contributed by atoms with E-state index in [4.69, 9.17) is 0 Å². The number of rotatable bonds is 6. The van der Waals surface area contributed by atoms with Crippen molar-refractivity contribution in [1.29, 1.82) is 0 Å². The van der Waals surface area contributed by atoms with Crippen molar-refractivity contribution in [2.75, 3.05) is 0 Å². The van der Waals surface area contributed by atoms with Gasteiger partial charge in [-0.3, -0.25) is 4.98 Å². The molecule has 0 aliphatic carbocycles. The summed E-state index contributed by atoms with van der Waals surface area (Å²) in [5, 5.41) is 0. The number of aromatic amines is 1. The fraction of sp³-hybridized carbons (Fsp3) is 0.471. The molecule has 0 saturated carbocycles. The van der Waals surface area contributed by atoms with Gasteiger partial charge in [-0.15, -0.1) is 0 Å². The molecule has 2 nitrogen and oxygen atoms in total. The van der Waals surface area contributed by atoms with Gasteiger partial charge < -0.3 is 0 Å². The van der Waals surface area contributed by atoms with E-state index in [1.807, 2.05) is 6.20 Å². The third kappa shape index (κ3) is 3.46. The molecule has 0 amide bonds. The third-order valence-corrected chi connectivity index (χ3v) is 3.94. The van der Waals surface area contributed by atoms with Gasteiger partial charge >= 0.3 is 0 Å². The second kappa shape index (κ2) is 6.55. The second-order valence-corrected chi connectivity index (χ2v) is 5.65. The molecule has 2 heteroatoms. The van der Waals surface area contributed by atoms with Gasteiger partial charge in [-0.05, 0) is 24.3 Å². The Morgan fingerprint density at radius 3 is 2.42 bits per heavy atom. The smallest absolute Gasteiger partial charge is 0.241 e. The maximum absolute atomic E-state index is 3.17. The molecule has 2 rings (SSSR count). The molecule has 0 bridgehead atoms. The monoisotopic (exact) mass is 257 g/mol. The fourth-order valence-electron chi connectivity index (χ4n) is 3.04. The van der Waals surface area contributed by atoms with E-state index in [0.717, 1.165) is 6.42 Å². The molecular formula is C17H25N2+. The Hall–Kier alpha value is -1.57. The summed E-state index contributed by atoms with van der Waals surface area (Å²) in [5.74, 6) is 1.30. The van der Waals surface area contributed by atoms with Crippen LogP contribution in [0, 0.1) is 11.8 Å². The molecule has 1 aromatic carbocycles. The molecule has 2 atom stereocenters. The number of nitrogens with one attached hydrogen (secondary N) is 1. The van der Waals surface area contributed by atoms with Crippen LogP contribution in [0.2, 0.25) is 0 Å². The molecule has 1 N–H and O–H groups in total. The average Bonchev–Trinajstić information content (AvgIpc) is 2.92. The summed E-state index contributed by atoms with van der Waals surface area (Å²) in [4.78, 5) is 3.17. The minimum Gasteiger partial charge on any atom is -0.250 e. The molecule has 1 aromatic heterocycles. The van der Waals surface area contributed by atoms with Crippen LogP contribution < -0.4 is 4.57 Å². The van der Waals surface area contributed by atoms with Crippen LogP contribution in [0.1, 0.15) is 38.8 Å². The minimum atomic E-state index is 0.552. The molecular weight excluding hydrogens is 232 g/mol. The van der Waals surface area contributed by atoms with E-state index in [1.54, 1.807) is 0 Å². The molecule has 0 radical (unpaired) electrons. The van der Waals surface area contributed by atoms with Gasteiger partial charge in [-0.1, -0.05) is 51.1 Å². The Kier molecular flexibility index (Phi) is 4.78. The first-order chi connectivity index (χ1) is 9.22. The van der Waals surface area contributed by atoms with Crippen LogP contribution in [0.4, 0.5) is 0 Å². The third-order valence-electron chi connectivity index (χ3n) is 3.94. The van der Waals surface area contributed by atoms with E-state index in [1.165, 1.54) is 12.0 Å². The Balaban J connectivity index is 2.18. The first kappa shape index (κ1) is 13.9. The normalized spacial score (nSPS) is 14.5. The molecule has 19 heavy (non-hydrogen) atoms. The Morgan fingerprint density at radius 1 is 1.16 bits per heavy atom. The van der Waals surface area contributed by atoms with Crippen molar-refractivity contribution >= 4 is 0 Å². The van der Waals surface area contributed by atoms with Crippen molar-refractivity contribution in [3.8, 4) is 0 Å². The van der Waals surface area contributed by atoms with Gasteiger partial charge in [-0.2, -0.15) is 0 Å². The number of imidazole rings is 1. The highest BCUT2D eigenvalue weighted by Gasteiger charge is 2.28. The summed E-state index contributed by atoms with van der Waals surface area (Å²) in [6.45, 7) is 6.94. The Bertz CT molecular complexity index is 459.